The van der Waals surface area contributed by atoms with Crippen molar-refractivity contribution in [3.8, 4) is 0 Å². The second kappa shape index (κ2) is 4.62. The Hall–Kier alpha value is -0.220. The standard InChI is InChI=1S/C7H15N3S/c8-4-1-2-6-3-5-11-7(9)10-6/h6H,1-5,8H2,(H2,9,10)/t6-/m0/s1. The molecule has 1 heterocycles. The Morgan fingerprint density at radius 3 is 3.09 bits per heavy atom. The summed E-state index contributed by atoms with van der Waals surface area (Å²) in [6, 6.07) is 0.444. The van der Waals surface area contributed by atoms with Crippen LogP contribution in [0.4, 0.5) is 0 Å². The maximum atomic E-state index is 5.58. The number of nitrogens with zero attached hydrogens (tertiary/aromatic N) is 1. The molecule has 0 bridgehead atoms. The SMILES string of the molecule is NCCC[C@H]1CCSC(N)=N1. The Labute approximate surface area is 71.6 Å². The summed E-state index contributed by atoms with van der Waals surface area (Å²) in [5.74, 6) is 1.12. The molecule has 0 aliphatic carbocycles. The molecule has 0 radical (unpaired) electrons. The van der Waals surface area contributed by atoms with Gasteiger partial charge in [0.2, 0.25) is 0 Å². The van der Waals surface area contributed by atoms with Crippen LogP contribution in [0.2, 0.25) is 0 Å². The van der Waals surface area contributed by atoms with Crippen LogP contribution >= 0.6 is 11.8 Å². The molecule has 0 unspecified atom stereocenters. The fourth-order valence-corrected chi connectivity index (χ4v) is 1.97. The van der Waals surface area contributed by atoms with E-state index in [1.807, 2.05) is 0 Å². The number of aliphatic imine (C=N–C) groups is 1. The molecule has 3 nitrogen and oxygen atoms in total. The fourth-order valence-electron chi connectivity index (χ4n) is 1.14. The van der Waals surface area contributed by atoms with Gasteiger partial charge in [-0.05, 0) is 25.8 Å². The summed E-state index contributed by atoms with van der Waals surface area (Å²) in [5.41, 5.74) is 11.0. The van der Waals surface area contributed by atoms with E-state index in [9.17, 15) is 0 Å². The smallest absolute Gasteiger partial charge is 0.154 e. The molecule has 0 aromatic carbocycles. The molecule has 0 amide bonds. The van der Waals surface area contributed by atoms with Crippen molar-refractivity contribution in [2.45, 2.75) is 25.3 Å². The molecule has 0 aromatic rings. The van der Waals surface area contributed by atoms with Crippen LogP contribution < -0.4 is 11.5 Å². The summed E-state index contributed by atoms with van der Waals surface area (Å²) >= 11 is 1.65. The van der Waals surface area contributed by atoms with Crippen LogP contribution in [-0.4, -0.2) is 23.5 Å². The maximum absolute atomic E-state index is 5.58. The van der Waals surface area contributed by atoms with E-state index in [4.69, 9.17) is 11.5 Å². The zero-order chi connectivity index (χ0) is 8.10. The van der Waals surface area contributed by atoms with E-state index in [0.29, 0.717) is 6.04 Å². The zero-order valence-corrected chi connectivity index (χ0v) is 7.44. The Morgan fingerprint density at radius 2 is 2.45 bits per heavy atom. The van der Waals surface area contributed by atoms with Crippen LogP contribution in [-0.2, 0) is 0 Å². The topological polar surface area (TPSA) is 64.4 Å². The molecule has 1 rings (SSSR count). The summed E-state index contributed by atoms with van der Waals surface area (Å²) < 4.78 is 0. The molecule has 1 atom stereocenters. The van der Waals surface area contributed by atoms with Crippen molar-refractivity contribution in [1.82, 2.24) is 0 Å². The van der Waals surface area contributed by atoms with Gasteiger partial charge in [-0.25, -0.2) is 0 Å². The van der Waals surface area contributed by atoms with Crippen LogP contribution in [0.15, 0.2) is 4.99 Å². The minimum atomic E-state index is 0.444. The van der Waals surface area contributed by atoms with E-state index in [2.05, 4.69) is 4.99 Å². The van der Waals surface area contributed by atoms with E-state index >= 15 is 0 Å². The van der Waals surface area contributed by atoms with Crippen molar-refractivity contribution in [1.29, 1.82) is 0 Å². The molecule has 11 heavy (non-hydrogen) atoms. The molecule has 0 fully saturated rings. The molecule has 64 valence electrons. The lowest BCUT2D eigenvalue weighted by Gasteiger charge is -2.16. The third-order valence-electron chi connectivity index (χ3n) is 1.75. The van der Waals surface area contributed by atoms with E-state index in [-0.39, 0.29) is 0 Å². The first kappa shape index (κ1) is 8.87. The van der Waals surface area contributed by atoms with Crippen LogP contribution in [0.1, 0.15) is 19.3 Å². The fraction of sp³-hybridized carbons (Fsp3) is 0.857. The van der Waals surface area contributed by atoms with Gasteiger partial charge in [-0.1, -0.05) is 11.8 Å². The predicted molar refractivity (Wildman–Crippen MR) is 50.8 cm³/mol. The molecule has 1 aliphatic heterocycles. The van der Waals surface area contributed by atoms with Gasteiger partial charge in [0, 0.05) is 5.75 Å². The van der Waals surface area contributed by atoms with Gasteiger partial charge in [-0.15, -0.1) is 0 Å². The van der Waals surface area contributed by atoms with Crippen molar-refractivity contribution < 1.29 is 0 Å². The van der Waals surface area contributed by atoms with Crippen molar-refractivity contribution >= 4 is 16.9 Å². The Kier molecular flexibility index (Phi) is 3.72. The van der Waals surface area contributed by atoms with Crippen LogP contribution in [0.3, 0.4) is 0 Å². The summed E-state index contributed by atoms with van der Waals surface area (Å²) in [6.07, 6.45) is 3.31. The Morgan fingerprint density at radius 1 is 1.64 bits per heavy atom. The third-order valence-corrected chi connectivity index (χ3v) is 2.59. The molecular weight excluding hydrogens is 158 g/mol. The van der Waals surface area contributed by atoms with E-state index in [0.717, 1.165) is 36.7 Å². The summed E-state index contributed by atoms with van der Waals surface area (Å²) in [7, 11) is 0. The lowest BCUT2D eigenvalue weighted by atomic mass is 10.1. The van der Waals surface area contributed by atoms with Crippen LogP contribution in [0.25, 0.3) is 0 Å². The van der Waals surface area contributed by atoms with E-state index in [1.165, 1.54) is 0 Å². The third kappa shape index (κ3) is 3.12. The van der Waals surface area contributed by atoms with Crippen molar-refractivity contribution in [2.75, 3.05) is 12.3 Å². The number of nitrogens with two attached hydrogens (primary N) is 2. The van der Waals surface area contributed by atoms with Crippen LogP contribution in [0, 0.1) is 0 Å². The van der Waals surface area contributed by atoms with Gasteiger partial charge < -0.3 is 11.5 Å². The van der Waals surface area contributed by atoms with Gasteiger partial charge in [0.1, 0.15) is 0 Å². The van der Waals surface area contributed by atoms with Crippen LogP contribution in [0.5, 0.6) is 0 Å². The lowest BCUT2D eigenvalue weighted by Crippen LogP contribution is -2.20. The summed E-state index contributed by atoms with van der Waals surface area (Å²) in [5, 5.41) is 0.748. The summed E-state index contributed by atoms with van der Waals surface area (Å²) in [6.45, 7) is 0.763. The van der Waals surface area contributed by atoms with Gasteiger partial charge in [-0.3, -0.25) is 4.99 Å². The number of hydrogen-bond acceptors (Lipinski definition) is 4. The quantitative estimate of drug-likeness (QED) is 0.655. The Bertz CT molecular complexity index is 147. The number of rotatable bonds is 3. The highest BCUT2D eigenvalue weighted by molar-refractivity contribution is 8.13. The van der Waals surface area contributed by atoms with Gasteiger partial charge in [0.05, 0.1) is 6.04 Å². The van der Waals surface area contributed by atoms with Gasteiger partial charge in [0.25, 0.3) is 0 Å². The van der Waals surface area contributed by atoms with Crippen molar-refractivity contribution in [2.24, 2.45) is 16.5 Å². The minimum Gasteiger partial charge on any atom is -0.379 e. The molecule has 0 spiro atoms. The number of thioether (sulfide) groups is 1. The van der Waals surface area contributed by atoms with E-state index < -0.39 is 0 Å². The molecule has 0 aromatic heterocycles. The maximum Gasteiger partial charge on any atom is 0.154 e. The molecule has 0 saturated carbocycles. The molecule has 1 aliphatic rings. The van der Waals surface area contributed by atoms with Crippen molar-refractivity contribution in [3.63, 3.8) is 0 Å². The highest BCUT2D eigenvalue weighted by Gasteiger charge is 2.12. The normalized spacial score (nSPS) is 24.8. The lowest BCUT2D eigenvalue weighted by molar-refractivity contribution is 0.577. The molecule has 0 saturated heterocycles. The number of hydrogen-bond donors (Lipinski definition) is 2. The van der Waals surface area contributed by atoms with E-state index in [1.54, 1.807) is 11.8 Å². The monoisotopic (exact) mass is 173 g/mol. The second-order valence-corrected chi connectivity index (χ2v) is 3.80. The average molecular weight is 173 g/mol. The second-order valence-electron chi connectivity index (χ2n) is 2.69. The first-order chi connectivity index (χ1) is 5.33. The predicted octanol–water partition coefficient (Wildman–Crippen LogP) is 0.546. The van der Waals surface area contributed by atoms with Gasteiger partial charge in [0.15, 0.2) is 5.17 Å². The summed E-state index contributed by atoms with van der Waals surface area (Å²) in [4.78, 5) is 4.32. The van der Waals surface area contributed by atoms with Gasteiger partial charge in [-0.2, -0.15) is 0 Å². The molecule has 4 heteroatoms. The first-order valence-electron chi connectivity index (χ1n) is 3.99. The Balaban J connectivity index is 2.28. The number of amidine groups is 1. The minimum absolute atomic E-state index is 0.444. The molecule has 4 N–H and O–H groups in total. The highest BCUT2D eigenvalue weighted by atomic mass is 32.2. The first-order valence-corrected chi connectivity index (χ1v) is 4.97. The van der Waals surface area contributed by atoms with Gasteiger partial charge >= 0.3 is 0 Å². The average Bonchev–Trinajstić information content (AvgIpc) is 2.01. The largest absolute Gasteiger partial charge is 0.379 e. The highest BCUT2D eigenvalue weighted by Crippen LogP contribution is 2.17. The van der Waals surface area contributed by atoms with Crippen molar-refractivity contribution in [3.05, 3.63) is 0 Å². The molecular formula is C7H15N3S. The zero-order valence-electron chi connectivity index (χ0n) is 6.62.